The van der Waals surface area contributed by atoms with Gasteiger partial charge in [0.25, 0.3) is 5.56 Å². The monoisotopic (exact) mass is 455 g/mol. The average molecular weight is 456 g/mol. The van der Waals surface area contributed by atoms with E-state index in [1.165, 1.54) is 11.5 Å². The standard InChI is InChI=1S/C20H17ClF3N3O2S/c1-3-8-27-19(29)12-5-4-11(21)9-15(12)26-20(27)30-10(2)18(28)25-14-7-6-13(22)16(23)17(14)24/h4-7,9-10H,3,8H2,1-2H3,(H,25,28). The summed E-state index contributed by atoms with van der Waals surface area (Å²) in [5, 5.41) is 2.53. The first kappa shape index (κ1) is 22.2. The molecule has 0 spiro atoms. The summed E-state index contributed by atoms with van der Waals surface area (Å²) in [6, 6.07) is 6.41. The van der Waals surface area contributed by atoms with Crippen LogP contribution in [0.3, 0.4) is 0 Å². The van der Waals surface area contributed by atoms with Gasteiger partial charge in [0.1, 0.15) is 0 Å². The molecule has 5 nitrogen and oxygen atoms in total. The topological polar surface area (TPSA) is 64.0 Å². The van der Waals surface area contributed by atoms with Gasteiger partial charge in [-0.3, -0.25) is 14.2 Å². The number of thioether (sulfide) groups is 1. The maximum absolute atomic E-state index is 13.8. The molecule has 1 unspecified atom stereocenters. The fourth-order valence-electron chi connectivity index (χ4n) is 2.75. The van der Waals surface area contributed by atoms with Crippen molar-refractivity contribution in [1.82, 2.24) is 9.55 Å². The third-order valence-corrected chi connectivity index (χ3v) is 5.60. The summed E-state index contributed by atoms with van der Waals surface area (Å²) in [7, 11) is 0. The van der Waals surface area contributed by atoms with Crippen LogP contribution in [0.15, 0.2) is 40.3 Å². The minimum Gasteiger partial charge on any atom is -0.323 e. The lowest BCUT2D eigenvalue weighted by Gasteiger charge is -2.16. The molecule has 0 radical (unpaired) electrons. The van der Waals surface area contributed by atoms with Crippen LogP contribution in [0.1, 0.15) is 20.3 Å². The number of hydrogen-bond acceptors (Lipinski definition) is 4. The fraction of sp³-hybridized carbons (Fsp3) is 0.250. The SMILES string of the molecule is CCCn1c(SC(C)C(=O)Nc2ccc(F)c(F)c2F)nc2cc(Cl)ccc2c1=O. The molecule has 0 saturated carbocycles. The Kier molecular flexibility index (Phi) is 6.72. The minimum absolute atomic E-state index is 0.264. The summed E-state index contributed by atoms with van der Waals surface area (Å²) in [5.74, 6) is -5.16. The number of carbonyl (C=O) groups is 1. The number of nitrogens with one attached hydrogen (secondary N) is 1. The molecule has 0 saturated heterocycles. The number of anilines is 1. The molecular weight excluding hydrogens is 439 g/mol. The number of carbonyl (C=O) groups excluding carboxylic acids is 1. The molecule has 0 fully saturated rings. The fourth-order valence-corrected chi connectivity index (χ4v) is 3.85. The maximum Gasteiger partial charge on any atom is 0.262 e. The smallest absolute Gasteiger partial charge is 0.262 e. The highest BCUT2D eigenvalue weighted by atomic mass is 35.5. The normalized spacial score (nSPS) is 12.2. The second kappa shape index (κ2) is 9.09. The van der Waals surface area contributed by atoms with E-state index in [2.05, 4.69) is 10.3 Å². The molecule has 1 heterocycles. The van der Waals surface area contributed by atoms with E-state index < -0.39 is 34.3 Å². The summed E-state index contributed by atoms with van der Waals surface area (Å²) in [5.41, 5.74) is -0.350. The van der Waals surface area contributed by atoms with Crippen LogP contribution in [0.5, 0.6) is 0 Å². The third kappa shape index (κ3) is 4.46. The van der Waals surface area contributed by atoms with Crippen LogP contribution < -0.4 is 10.9 Å². The highest BCUT2D eigenvalue weighted by molar-refractivity contribution is 8.00. The first-order valence-corrected chi connectivity index (χ1v) is 10.3. The number of benzene rings is 2. The lowest BCUT2D eigenvalue weighted by molar-refractivity contribution is -0.115. The van der Waals surface area contributed by atoms with E-state index in [-0.39, 0.29) is 5.56 Å². The molecule has 0 bridgehead atoms. The molecule has 10 heteroatoms. The van der Waals surface area contributed by atoms with Crippen molar-refractivity contribution in [3.63, 3.8) is 0 Å². The van der Waals surface area contributed by atoms with Crippen molar-refractivity contribution >= 4 is 45.9 Å². The molecule has 0 aliphatic rings. The summed E-state index contributed by atoms with van der Waals surface area (Å²) in [4.78, 5) is 29.8. The van der Waals surface area contributed by atoms with Gasteiger partial charge in [0.05, 0.1) is 21.8 Å². The average Bonchev–Trinajstić information content (AvgIpc) is 2.71. The van der Waals surface area contributed by atoms with E-state index in [1.54, 1.807) is 18.2 Å². The van der Waals surface area contributed by atoms with Gasteiger partial charge in [-0.25, -0.2) is 18.2 Å². The Morgan fingerprint density at radius 1 is 1.23 bits per heavy atom. The number of fused-ring (bicyclic) bond motifs is 1. The van der Waals surface area contributed by atoms with Crippen molar-refractivity contribution in [2.24, 2.45) is 0 Å². The molecule has 1 aromatic heterocycles. The highest BCUT2D eigenvalue weighted by Crippen LogP contribution is 2.26. The van der Waals surface area contributed by atoms with Crippen LogP contribution in [0.2, 0.25) is 5.02 Å². The molecule has 158 valence electrons. The summed E-state index contributed by atoms with van der Waals surface area (Å²) in [6.45, 7) is 3.82. The van der Waals surface area contributed by atoms with E-state index >= 15 is 0 Å². The van der Waals surface area contributed by atoms with E-state index in [1.807, 2.05) is 6.92 Å². The third-order valence-electron chi connectivity index (χ3n) is 4.27. The van der Waals surface area contributed by atoms with Crippen molar-refractivity contribution in [3.8, 4) is 0 Å². The van der Waals surface area contributed by atoms with Crippen molar-refractivity contribution in [1.29, 1.82) is 0 Å². The second-order valence-corrected chi connectivity index (χ2v) is 8.23. The molecule has 0 aliphatic heterocycles. The molecule has 3 rings (SSSR count). The Morgan fingerprint density at radius 3 is 2.67 bits per heavy atom. The Balaban J connectivity index is 1.91. The number of amides is 1. The molecule has 30 heavy (non-hydrogen) atoms. The van der Waals surface area contributed by atoms with Gasteiger partial charge < -0.3 is 5.32 Å². The maximum atomic E-state index is 13.8. The van der Waals surface area contributed by atoms with Crippen LogP contribution in [-0.4, -0.2) is 20.7 Å². The lowest BCUT2D eigenvalue weighted by atomic mass is 10.2. The van der Waals surface area contributed by atoms with E-state index in [4.69, 9.17) is 11.6 Å². The van der Waals surface area contributed by atoms with Crippen molar-refractivity contribution in [2.75, 3.05) is 5.32 Å². The first-order valence-electron chi connectivity index (χ1n) is 9.04. The van der Waals surface area contributed by atoms with Gasteiger partial charge in [-0.05, 0) is 43.7 Å². The van der Waals surface area contributed by atoms with Crippen LogP contribution in [0, 0.1) is 17.5 Å². The number of halogens is 4. The summed E-state index contributed by atoms with van der Waals surface area (Å²) < 4.78 is 41.8. The molecule has 0 aliphatic carbocycles. The van der Waals surface area contributed by atoms with Gasteiger partial charge in [-0.15, -0.1) is 0 Å². The van der Waals surface area contributed by atoms with Gasteiger partial charge in [-0.2, -0.15) is 0 Å². The number of hydrogen-bond donors (Lipinski definition) is 1. The molecule has 1 amide bonds. The Morgan fingerprint density at radius 2 is 1.97 bits per heavy atom. The zero-order chi connectivity index (χ0) is 22.0. The zero-order valence-corrected chi connectivity index (χ0v) is 17.6. The quantitative estimate of drug-likeness (QED) is 0.323. The summed E-state index contributed by atoms with van der Waals surface area (Å²) in [6.07, 6.45) is 0.662. The van der Waals surface area contributed by atoms with Crippen LogP contribution >= 0.6 is 23.4 Å². The molecule has 2 aromatic carbocycles. The second-order valence-electron chi connectivity index (χ2n) is 6.48. The van der Waals surface area contributed by atoms with Crippen molar-refractivity contribution in [2.45, 2.75) is 37.2 Å². The summed E-state index contributed by atoms with van der Waals surface area (Å²) >= 11 is 6.99. The largest absolute Gasteiger partial charge is 0.323 e. The zero-order valence-electron chi connectivity index (χ0n) is 16.0. The van der Waals surface area contributed by atoms with Crippen molar-refractivity contribution in [3.05, 3.63) is 63.2 Å². The van der Waals surface area contributed by atoms with Gasteiger partial charge >= 0.3 is 0 Å². The number of rotatable bonds is 6. The van der Waals surface area contributed by atoms with Gasteiger partial charge in [0.2, 0.25) is 5.91 Å². The first-order chi connectivity index (χ1) is 14.2. The Hall–Kier alpha value is -2.52. The van der Waals surface area contributed by atoms with Crippen LogP contribution in [0.25, 0.3) is 10.9 Å². The number of nitrogens with zero attached hydrogens (tertiary/aromatic N) is 2. The molecular formula is C20H17ClF3N3O2S. The van der Waals surface area contributed by atoms with Gasteiger partial charge in [0, 0.05) is 11.6 Å². The highest BCUT2D eigenvalue weighted by Gasteiger charge is 2.22. The predicted molar refractivity (Wildman–Crippen MR) is 112 cm³/mol. The van der Waals surface area contributed by atoms with Gasteiger partial charge in [0.15, 0.2) is 22.6 Å². The lowest BCUT2D eigenvalue weighted by Crippen LogP contribution is -2.27. The van der Waals surface area contributed by atoms with E-state index in [9.17, 15) is 22.8 Å². The predicted octanol–water partition coefficient (Wildman–Crippen LogP) is 5.00. The van der Waals surface area contributed by atoms with E-state index in [0.29, 0.717) is 34.0 Å². The van der Waals surface area contributed by atoms with Crippen LogP contribution in [-0.2, 0) is 11.3 Å². The Labute approximate surface area is 179 Å². The molecule has 3 aromatic rings. The molecule has 1 atom stereocenters. The minimum atomic E-state index is -1.67. The van der Waals surface area contributed by atoms with E-state index in [0.717, 1.165) is 23.9 Å². The molecule has 1 N–H and O–H groups in total. The number of aromatic nitrogens is 2. The van der Waals surface area contributed by atoms with Gasteiger partial charge in [-0.1, -0.05) is 30.3 Å². The van der Waals surface area contributed by atoms with Crippen molar-refractivity contribution < 1.29 is 18.0 Å². The Bertz CT molecular complexity index is 1190. The van der Waals surface area contributed by atoms with Crippen LogP contribution in [0.4, 0.5) is 18.9 Å².